The van der Waals surface area contributed by atoms with Crippen molar-refractivity contribution >= 4 is 23.2 Å². The molecule has 0 spiro atoms. The lowest BCUT2D eigenvalue weighted by Crippen LogP contribution is -2.39. The fraction of sp³-hybridized carbons (Fsp3) is 0.263. The van der Waals surface area contributed by atoms with Crippen LogP contribution in [0.15, 0.2) is 54.6 Å². The third-order valence-electron chi connectivity index (χ3n) is 4.19. The first-order chi connectivity index (χ1) is 11.6. The number of nitrogens with zero attached hydrogens (tertiary/aromatic N) is 1. The molecule has 0 bridgehead atoms. The van der Waals surface area contributed by atoms with Gasteiger partial charge in [-0.05, 0) is 49.7 Å². The van der Waals surface area contributed by atoms with Gasteiger partial charge in [0, 0.05) is 36.1 Å². The average molecular weight is 323 g/mol. The molecule has 124 valence electrons. The van der Waals surface area contributed by atoms with E-state index in [0.717, 1.165) is 19.5 Å². The molecule has 0 aromatic heterocycles. The van der Waals surface area contributed by atoms with Crippen molar-refractivity contribution in [2.45, 2.75) is 19.4 Å². The molecule has 1 heterocycles. The summed E-state index contributed by atoms with van der Waals surface area (Å²) >= 11 is 0. The Hall–Kier alpha value is -2.82. The quantitative estimate of drug-likeness (QED) is 0.849. The summed E-state index contributed by atoms with van der Waals surface area (Å²) in [5, 5.41) is 5.82. The molecule has 0 saturated carbocycles. The van der Waals surface area contributed by atoms with E-state index in [4.69, 9.17) is 0 Å². The summed E-state index contributed by atoms with van der Waals surface area (Å²) in [7, 11) is 0. The van der Waals surface area contributed by atoms with E-state index in [9.17, 15) is 9.59 Å². The molecule has 2 amide bonds. The molecule has 1 atom stereocenters. The highest BCUT2D eigenvalue weighted by Gasteiger charge is 2.23. The number of hydrogen-bond donors (Lipinski definition) is 2. The van der Waals surface area contributed by atoms with Gasteiger partial charge in [0.15, 0.2) is 5.78 Å². The lowest BCUT2D eigenvalue weighted by atomic mass is 10.1. The van der Waals surface area contributed by atoms with Crippen molar-refractivity contribution in [3.8, 4) is 0 Å². The van der Waals surface area contributed by atoms with Crippen molar-refractivity contribution in [2.75, 3.05) is 23.3 Å². The Kier molecular flexibility index (Phi) is 4.79. The molecule has 5 heteroatoms. The minimum absolute atomic E-state index is 0.0120. The number of amides is 2. The Labute approximate surface area is 141 Å². The van der Waals surface area contributed by atoms with Gasteiger partial charge < -0.3 is 15.5 Å². The average Bonchev–Trinajstić information content (AvgIpc) is 3.04. The summed E-state index contributed by atoms with van der Waals surface area (Å²) in [6.45, 7) is 3.26. The van der Waals surface area contributed by atoms with Gasteiger partial charge in [-0.2, -0.15) is 0 Å². The first kappa shape index (κ1) is 16.1. The number of anilines is 2. The van der Waals surface area contributed by atoms with Crippen molar-refractivity contribution in [2.24, 2.45) is 0 Å². The van der Waals surface area contributed by atoms with Gasteiger partial charge in [0.1, 0.15) is 0 Å². The van der Waals surface area contributed by atoms with Crippen LogP contribution in [0.4, 0.5) is 16.2 Å². The molecule has 0 radical (unpaired) electrons. The summed E-state index contributed by atoms with van der Waals surface area (Å²) in [5.41, 5.74) is 2.49. The van der Waals surface area contributed by atoms with E-state index >= 15 is 0 Å². The van der Waals surface area contributed by atoms with Crippen LogP contribution in [0.5, 0.6) is 0 Å². The standard InChI is InChI=1S/C19H21N3O2/c1-14(23)15-7-9-16(10-8-15)20-19(24)21-17-11-12-22(13-17)18-5-3-2-4-6-18/h2-10,17H,11-13H2,1H3,(H2,20,21,24)/t17-/m1/s1. The van der Waals surface area contributed by atoms with Gasteiger partial charge in [-0.3, -0.25) is 4.79 Å². The van der Waals surface area contributed by atoms with Gasteiger partial charge in [-0.25, -0.2) is 4.79 Å². The lowest BCUT2D eigenvalue weighted by molar-refractivity contribution is 0.101. The zero-order valence-electron chi connectivity index (χ0n) is 13.7. The minimum atomic E-state index is -0.217. The third-order valence-corrected chi connectivity index (χ3v) is 4.19. The second-order valence-corrected chi connectivity index (χ2v) is 6.00. The van der Waals surface area contributed by atoms with Crippen LogP contribution in [0.25, 0.3) is 0 Å². The molecule has 3 rings (SSSR count). The van der Waals surface area contributed by atoms with Gasteiger partial charge in [-0.1, -0.05) is 18.2 Å². The largest absolute Gasteiger partial charge is 0.369 e. The summed E-state index contributed by atoms with van der Waals surface area (Å²) < 4.78 is 0. The number of Topliss-reactive ketones (excluding diaryl/α,β-unsaturated/α-hetero) is 1. The molecule has 5 nitrogen and oxygen atoms in total. The second kappa shape index (κ2) is 7.17. The number of para-hydroxylation sites is 1. The highest BCUT2D eigenvalue weighted by molar-refractivity contribution is 5.95. The van der Waals surface area contributed by atoms with Crippen molar-refractivity contribution in [3.63, 3.8) is 0 Å². The molecule has 1 aliphatic rings. The van der Waals surface area contributed by atoms with Gasteiger partial charge in [0.05, 0.1) is 0 Å². The maximum atomic E-state index is 12.1. The van der Waals surface area contributed by atoms with E-state index in [-0.39, 0.29) is 17.9 Å². The second-order valence-electron chi connectivity index (χ2n) is 6.00. The number of carbonyl (C=O) groups excluding carboxylic acids is 2. The normalized spacial score (nSPS) is 16.7. The molecule has 1 saturated heterocycles. The third kappa shape index (κ3) is 3.93. The number of rotatable bonds is 4. The Balaban J connectivity index is 1.51. The zero-order chi connectivity index (χ0) is 16.9. The van der Waals surface area contributed by atoms with Crippen molar-refractivity contribution in [3.05, 3.63) is 60.2 Å². The monoisotopic (exact) mass is 323 g/mol. The summed E-state index contributed by atoms with van der Waals surface area (Å²) in [6.07, 6.45) is 0.922. The van der Waals surface area contributed by atoms with Gasteiger partial charge in [0.2, 0.25) is 0 Å². The highest BCUT2D eigenvalue weighted by atomic mass is 16.2. The summed E-state index contributed by atoms with van der Waals surface area (Å²) in [6, 6.07) is 17.0. The minimum Gasteiger partial charge on any atom is -0.369 e. The Morgan fingerprint density at radius 2 is 1.75 bits per heavy atom. The van der Waals surface area contributed by atoms with Crippen LogP contribution in [0.3, 0.4) is 0 Å². The van der Waals surface area contributed by atoms with Crippen LogP contribution in [0.2, 0.25) is 0 Å². The first-order valence-electron chi connectivity index (χ1n) is 8.10. The van der Waals surface area contributed by atoms with Crippen LogP contribution in [-0.2, 0) is 0 Å². The van der Waals surface area contributed by atoms with Crippen LogP contribution >= 0.6 is 0 Å². The Morgan fingerprint density at radius 1 is 1.04 bits per heavy atom. The van der Waals surface area contributed by atoms with E-state index in [1.165, 1.54) is 12.6 Å². The molecule has 0 aliphatic carbocycles. The zero-order valence-corrected chi connectivity index (χ0v) is 13.7. The molecule has 2 aromatic rings. The summed E-state index contributed by atoms with van der Waals surface area (Å²) in [5.74, 6) is 0.0120. The van der Waals surface area contributed by atoms with Crippen LogP contribution in [0, 0.1) is 0 Å². The number of carbonyl (C=O) groups is 2. The maximum Gasteiger partial charge on any atom is 0.319 e. The fourth-order valence-electron chi connectivity index (χ4n) is 2.89. The summed E-state index contributed by atoms with van der Waals surface area (Å²) in [4.78, 5) is 25.6. The smallest absolute Gasteiger partial charge is 0.319 e. The number of nitrogens with one attached hydrogen (secondary N) is 2. The molecule has 0 unspecified atom stereocenters. The maximum absolute atomic E-state index is 12.1. The lowest BCUT2D eigenvalue weighted by Gasteiger charge is -2.19. The molecule has 24 heavy (non-hydrogen) atoms. The van der Waals surface area contributed by atoms with Crippen molar-refractivity contribution in [1.82, 2.24) is 5.32 Å². The first-order valence-corrected chi connectivity index (χ1v) is 8.10. The SMILES string of the molecule is CC(=O)c1ccc(NC(=O)N[C@@H]2CCN(c3ccccc3)C2)cc1. The van der Waals surface area contributed by atoms with E-state index < -0.39 is 0 Å². The van der Waals surface area contributed by atoms with E-state index in [2.05, 4.69) is 27.7 Å². The predicted molar refractivity (Wildman–Crippen MR) is 95.7 cm³/mol. The van der Waals surface area contributed by atoms with Crippen molar-refractivity contribution in [1.29, 1.82) is 0 Å². The van der Waals surface area contributed by atoms with Crippen LogP contribution < -0.4 is 15.5 Å². The van der Waals surface area contributed by atoms with Gasteiger partial charge in [0.25, 0.3) is 0 Å². The molecular weight excluding hydrogens is 302 g/mol. The number of ketones is 1. The highest BCUT2D eigenvalue weighted by Crippen LogP contribution is 2.19. The van der Waals surface area contributed by atoms with E-state index in [1.807, 2.05) is 18.2 Å². The van der Waals surface area contributed by atoms with Gasteiger partial charge in [-0.15, -0.1) is 0 Å². The number of hydrogen-bond acceptors (Lipinski definition) is 3. The Bertz CT molecular complexity index is 713. The molecule has 1 fully saturated rings. The van der Waals surface area contributed by atoms with Gasteiger partial charge >= 0.3 is 6.03 Å². The Morgan fingerprint density at radius 3 is 2.42 bits per heavy atom. The molecule has 1 aliphatic heterocycles. The van der Waals surface area contributed by atoms with E-state index in [1.54, 1.807) is 24.3 Å². The van der Waals surface area contributed by atoms with E-state index in [0.29, 0.717) is 11.3 Å². The van der Waals surface area contributed by atoms with Crippen molar-refractivity contribution < 1.29 is 9.59 Å². The predicted octanol–water partition coefficient (Wildman–Crippen LogP) is 3.29. The van der Waals surface area contributed by atoms with Crippen LogP contribution in [-0.4, -0.2) is 30.9 Å². The number of urea groups is 1. The molecule has 2 aromatic carbocycles. The van der Waals surface area contributed by atoms with Crippen LogP contribution in [0.1, 0.15) is 23.7 Å². The number of benzene rings is 2. The molecular formula is C19H21N3O2. The topological polar surface area (TPSA) is 61.4 Å². The molecule has 2 N–H and O–H groups in total. The fourth-order valence-corrected chi connectivity index (χ4v) is 2.89.